The second-order valence-corrected chi connectivity index (χ2v) is 6.44. The zero-order chi connectivity index (χ0) is 17.9. The lowest BCUT2D eigenvalue weighted by molar-refractivity contribution is 0.192. The van der Waals surface area contributed by atoms with Gasteiger partial charge in [-0.15, -0.1) is 5.10 Å². The fourth-order valence-corrected chi connectivity index (χ4v) is 3.20. The molecular weight excluding hydrogens is 352 g/mol. The Balaban J connectivity index is 1.37. The highest BCUT2D eigenvalue weighted by atomic mass is 32.1. The summed E-state index contributed by atoms with van der Waals surface area (Å²) < 4.78 is 17.8. The summed E-state index contributed by atoms with van der Waals surface area (Å²) in [7, 11) is 1.68. The van der Waals surface area contributed by atoms with Gasteiger partial charge in [0, 0.05) is 31.9 Å². The van der Waals surface area contributed by atoms with E-state index in [1.54, 1.807) is 30.2 Å². The second kappa shape index (κ2) is 7.35. The van der Waals surface area contributed by atoms with E-state index in [4.69, 9.17) is 25.8 Å². The monoisotopic (exact) mass is 372 g/mol. The Bertz CT molecular complexity index is 893. The third kappa shape index (κ3) is 3.51. The average Bonchev–Trinajstić information content (AvgIpc) is 3.33. The molecule has 136 valence electrons. The molecule has 1 aliphatic heterocycles. The maximum atomic E-state index is 5.54. The molecule has 26 heavy (non-hydrogen) atoms. The predicted octanol–water partition coefficient (Wildman–Crippen LogP) is 3.25. The fraction of sp³-hybridized carbons (Fsp3) is 0.333. The molecule has 1 aromatic carbocycles. The van der Waals surface area contributed by atoms with Crippen LogP contribution in [0.4, 0.5) is 5.69 Å². The van der Waals surface area contributed by atoms with Crippen LogP contribution in [0.1, 0.15) is 0 Å². The third-order valence-corrected chi connectivity index (χ3v) is 4.78. The number of nitrogens with zero attached hydrogens (tertiary/aromatic N) is 4. The topological polar surface area (TPSA) is 59.8 Å². The van der Waals surface area contributed by atoms with E-state index in [-0.39, 0.29) is 0 Å². The molecule has 0 saturated carbocycles. The Morgan fingerprint density at radius 2 is 1.88 bits per heavy atom. The summed E-state index contributed by atoms with van der Waals surface area (Å²) in [5, 5.41) is 4.43. The van der Waals surface area contributed by atoms with Crippen molar-refractivity contribution in [2.75, 3.05) is 38.2 Å². The molecule has 0 bridgehead atoms. The standard InChI is InChI=1S/C18H20N4O3S/c1-23-15-6-4-14(5-7-15)21-10-8-20(9-11-21)13-22-18(26)25-17(19-22)16-3-2-12-24-16/h2-7,12H,8-11,13H2,1H3. The molecule has 0 radical (unpaired) electrons. The number of furan rings is 1. The van der Waals surface area contributed by atoms with Gasteiger partial charge in [-0.05, 0) is 48.6 Å². The normalized spacial score (nSPS) is 15.3. The van der Waals surface area contributed by atoms with E-state index in [2.05, 4.69) is 27.0 Å². The molecule has 0 N–H and O–H groups in total. The Labute approximate surface area is 156 Å². The van der Waals surface area contributed by atoms with Crippen LogP contribution in [0.2, 0.25) is 0 Å². The van der Waals surface area contributed by atoms with Gasteiger partial charge in [-0.2, -0.15) is 0 Å². The largest absolute Gasteiger partial charge is 0.497 e. The minimum absolute atomic E-state index is 0.356. The molecule has 0 atom stereocenters. The van der Waals surface area contributed by atoms with Crippen molar-refractivity contribution in [2.24, 2.45) is 0 Å². The molecule has 1 aliphatic rings. The second-order valence-electron chi connectivity index (χ2n) is 6.09. The molecule has 0 spiro atoms. The van der Waals surface area contributed by atoms with E-state index in [9.17, 15) is 0 Å². The summed E-state index contributed by atoms with van der Waals surface area (Å²) in [5.74, 6) is 1.87. The van der Waals surface area contributed by atoms with Crippen LogP contribution in [0, 0.1) is 4.84 Å². The average molecular weight is 372 g/mol. The summed E-state index contributed by atoms with van der Waals surface area (Å²) in [6.45, 7) is 4.36. The SMILES string of the molecule is COc1ccc(N2CCN(Cn3nc(-c4ccco4)oc3=S)CC2)cc1. The van der Waals surface area contributed by atoms with Gasteiger partial charge in [0.25, 0.3) is 10.7 Å². The number of rotatable bonds is 5. The zero-order valence-corrected chi connectivity index (χ0v) is 15.3. The van der Waals surface area contributed by atoms with Crippen molar-refractivity contribution in [1.82, 2.24) is 14.7 Å². The van der Waals surface area contributed by atoms with Gasteiger partial charge in [0.1, 0.15) is 5.75 Å². The number of aromatic nitrogens is 2. The number of hydrogen-bond donors (Lipinski definition) is 0. The van der Waals surface area contributed by atoms with Crippen LogP contribution >= 0.6 is 12.2 Å². The van der Waals surface area contributed by atoms with E-state index in [0.29, 0.717) is 23.2 Å². The number of ether oxygens (including phenoxy) is 1. The Kier molecular flexibility index (Phi) is 4.77. The van der Waals surface area contributed by atoms with Gasteiger partial charge in [-0.25, -0.2) is 4.68 Å². The first-order chi connectivity index (χ1) is 12.7. The molecule has 2 aromatic heterocycles. The lowest BCUT2D eigenvalue weighted by Crippen LogP contribution is -2.46. The molecule has 1 saturated heterocycles. The van der Waals surface area contributed by atoms with E-state index >= 15 is 0 Å². The number of benzene rings is 1. The van der Waals surface area contributed by atoms with E-state index in [1.165, 1.54) is 5.69 Å². The minimum Gasteiger partial charge on any atom is -0.497 e. The molecule has 3 aromatic rings. The van der Waals surface area contributed by atoms with Crippen LogP contribution in [0.15, 0.2) is 51.5 Å². The predicted molar refractivity (Wildman–Crippen MR) is 99.8 cm³/mol. The molecule has 0 amide bonds. The van der Waals surface area contributed by atoms with Crippen LogP contribution < -0.4 is 9.64 Å². The van der Waals surface area contributed by atoms with E-state index < -0.39 is 0 Å². The summed E-state index contributed by atoms with van der Waals surface area (Å²) in [6, 6.07) is 11.8. The van der Waals surface area contributed by atoms with Crippen LogP contribution in [-0.4, -0.2) is 48.0 Å². The highest BCUT2D eigenvalue weighted by Gasteiger charge is 2.19. The van der Waals surface area contributed by atoms with Crippen LogP contribution in [0.25, 0.3) is 11.7 Å². The molecule has 0 unspecified atom stereocenters. The Morgan fingerprint density at radius 3 is 2.54 bits per heavy atom. The van der Waals surface area contributed by atoms with Gasteiger partial charge in [0.15, 0.2) is 5.76 Å². The van der Waals surface area contributed by atoms with E-state index in [1.807, 2.05) is 12.1 Å². The molecular formula is C18H20N4O3S. The van der Waals surface area contributed by atoms with Gasteiger partial charge in [-0.1, -0.05) is 0 Å². The van der Waals surface area contributed by atoms with Crippen molar-refractivity contribution in [3.05, 3.63) is 47.5 Å². The highest BCUT2D eigenvalue weighted by molar-refractivity contribution is 7.71. The first-order valence-corrected chi connectivity index (χ1v) is 8.87. The zero-order valence-electron chi connectivity index (χ0n) is 14.5. The van der Waals surface area contributed by atoms with Crippen molar-refractivity contribution >= 4 is 17.9 Å². The highest BCUT2D eigenvalue weighted by Crippen LogP contribution is 2.21. The molecule has 3 heterocycles. The molecule has 4 rings (SSSR count). The summed E-state index contributed by atoms with van der Waals surface area (Å²) in [5.41, 5.74) is 1.21. The van der Waals surface area contributed by atoms with Crippen molar-refractivity contribution in [2.45, 2.75) is 6.67 Å². The van der Waals surface area contributed by atoms with Crippen molar-refractivity contribution < 1.29 is 13.6 Å². The van der Waals surface area contributed by atoms with Crippen molar-refractivity contribution in [3.63, 3.8) is 0 Å². The molecule has 1 fully saturated rings. The van der Waals surface area contributed by atoms with Gasteiger partial charge in [0.2, 0.25) is 0 Å². The lowest BCUT2D eigenvalue weighted by atomic mass is 10.2. The first-order valence-electron chi connectivity index (χ1n) is 8.46. The molecule has 7 nitrogen and oxygen atoms in total. The summed E-state index contributed by atoms with van der Waals surface area (Å²) in [4.78, 5) is 5.03. The molecule has 8 heteroatoms. The lowest BCUT2D eigenvalue weighted by Gasteiger charge is -2.35. The van der Waals surface area contributed by atoms with E-state index in [0.717, 1.165) is 31.9 Å². The summed E-state index contributed by atoms with van der Waals surface area (Å²) >= 11 is 5.28. The van der Waals surface area contributed by atoms with Crippen molar-refractivity contribution in [1.29, 1.82) is 0 Å². The quantitative estimate of drug-likeness (QED) is 0.637. The van der Waals surface area contributed by atoms with Gasteiger partial charge >= 0.3 is 0 Å². The number of methoxy groups -OCH3 is 1. The first kappa shape index (κ1) is 16.9. The maximum Gasteiger partial charge on any atom is 0.288 e. The summed E-state index contributed by atoms with van der Waals surface area (Å²) in [6.07, 6.45) is 1.59. The van der Waals surface area contributed by atoms with Gasteiger partial charge in [0.05, 0.1) is 20.0 Å². The van der Waals surface area contributed by atoms with Crippen LogP contribution in [0.3, 0.4) is 0 Å². The number of piperazine rings is 1. The van der Waals surface area contributed by atoms with Crippen molar-refractivity contribution in [3.8, 4) is 17.4 Å². The number of anilines is 1. The third-order valence-electron chi connectivity index (χ3n) is 4.48. The maximum absolute atomic E-state index is 5.54. The smallest absolute Gasteiger partial charge is 0.288 e. The van der Waals surface area contributed by atoms with Crippen LogP contribution in [-0.2, 0) is 6.67 Å². The molecule has 0 aliphatic carbocycles. The Hall–Kier alpha value is -2.58. The minimum atomic E-state index is 0.356. The Morgan fingerprint density at radius 1 is 1.12 bits per heavy atom. The van der Waals surface area contributed by atoms with Crippen LogP contribution in [0.5, 0.6) is 5.75 Å². The van der Waals surface area contributed by atoms with Gasteiger partial charge in [-0.3, -0.25) is 4.90 Å². The fourth-order valence-electron chi connectivity index (χ4n) is 3.03. The number of hydrogen-bond acceptors (Lipinski definition) is 7. The van der Waals surface area contributed by atoms with Gasteiger partial charge < -0.3 is 18.5 Å².